The second-order valence-electron chi connectivity index (χ2n) is 5.27. The average Bonchev–Trinajstić information content (AvgIpc) is 2.79. The van der Waals surface area contributed by atoms with E-state index in [4.69, 9.17) is 20.3 Å². The Morgan fingerprint density at radius 2 is 2.08 bits per heavy atom. The minimum absolute atomic E-state index is 0.0476. The summed E-state index contributed by atoms with van der Waals surface area (Å²) in [7, 11) is -10.3. The summed E-state index contributed by atoms with van der Waals surface area (Å²) in [5.41, 5.74) is 5.32. The zero-order valence-electron chi connectivity index (χ0n) is 12.8. The van der Waals surface area contributed by atoms with Crippen LogP contribution in [0.5, 0.6) is 0 Å². The molecule has 1 aromatic rings. The molecule has 0 amide bonds. The molecular weight excluding hydrogens is 384 g/mol. The number of hydrogen-bond donors (Lipinski definition) is 5. The Bertz CT molecular complexity index is 792. The van der Waals surface area contributed by atoms with Crippen LogP contribution in [0.3, 0.4) is 0 Å². The average molecular weight is 401 g/mol. The predicted octanol–water partition coefficient (Wildman–Crippen LogP) is -0.991. The number of aryl methyl sites for hydroxylation is 1. The molecule has 0 aliphatic carbocycles. The SMILES string of the molecule is Cc1cn([C@H]2CC(O)[C@@H](COP(=O)(O)OP(=O)(O)O)O2)c(=O)nc1N. The van der Waals surface area contributed by atoms with Crippen LogP contribution in [0, 0.1) is 6.92 Å². The Labute approximate surface area is 140 Å². The van der Waals surface area contributed by atoms with Gasteiger partial charge in [0.15, 0.2) is 0 Å². The maximum absolute atomic E-state index is 11.9. The highest BCUT2D eigenvalue weighted by Gasteiger charge is 2.39. The van der Waals surface area contributed by atoms with Gasteiger partial charge in [-0.15, -0.1) is 0 Å². The zero-order valence-corrected chi connectivity index (χ0v) is 14.6. The highest BCUT2D eigenvalue weighted by atomic mass is 31.3. The number of anilines is 1. The molecule has 25 heavy (non-hydrogen) atoms. The first-order chi connectivity index (χ1) is 11.4. The van der Waals surface area contributed by atoms with E-state index >= 15 is 0 Å². The van der Waals surface area contributed by atoms with Gasteiger partial charge in [0.1, 0.15) is 18.1 Å². The number of phosphoric acid groups is 2. The Balaban J connectivity index is 2.05. The fraction of sp³-hybridized carbons (Fsp3) is 0.600. The monoisotopic (exact) mass is 401 g/mol. The number of hydrogen-bond acceptors (Lipinski definition) is 9. The minimum atomic E-state index is -5.25. The van der Waals surface area contributed by atoms with Crippen LogP contribution in [-0.2, 0) is 22.7 Å². The maximum atomic E-state index is 11.9. The number of aliphatic hydroxyl groups is 1. The van der Waals surface area contributed by atoms with Crippen LogP contribution in [0.15, 0.2) is 11.0 Å². The van der Waals surface area contributed by atoms with Crippen LogP contribution in [0.4, 0.5) is 5.82 Å². The normalized spacial score (nSPS) is 26.5. The van der Waals surface area contributed by atoms with Crippen molar-refractivity contribution in [2.75, 3.05) is 12.3 Å². The molecule has 2 heterocycles. The highest BCUT2D eigenvalue weighted by Crippen LogP contribution is 2.57. The fourth-order valence-electron chi connectivity index (χ4n) is 2.15. The summed E-state index contributed by atoms with van der Waals surface area (Å²) < 4.78 is 36.5. The molecule has 0 radical (unpaired) electrons. The number of phosphoric ester groups is 1. The molecular formula is C10H17N3O10P2. The van der Waals surface area contributed by atoms with E-state index in [-0.39, 0.29) is 12.2 Å². The van der Waals surface area contributed by atoms with Gasteiger partial charge >= 0.3 is 21.3 Å². The van der Waals surface area contributed by atoms with Crippen LogP contribution in [0.25, 0.3) is 0 Å². The standard InChI is InChI=1S/C10H17N3O10P2/c1-5-3-13(10(15)12-9(5)11)8-2-6(14)7(22-8)4-21-25(19,20)23-24(16,17)18/h3,6-8,14H,2,4H2,1H3,(H,19,20)(H2,11,12,15)(H2,16,17,18)/t6?,7-,8-/m1/s1. The van der Waals surface area contributed by atoms with E-state index in [1.807, 2.05) is 0 Å². The van der Waals surface area contributed by atoms with Gasteiger partial charge in [-0.1, -0.05) is 0 Å². The predicted molar refractivity (Wildman–Crippen MR) is 81.1 cm³/mol. The number of ether oxygens (including phenoxy) is 1. The molecule has 0 spiro atoms. The summed E-state index contributed by atoms with van der Waals surface area (Å²) >= 11 is 0. The number of rotatable bonds is 6. The number of nitrogens with two attached hydrogens (primary N) is 1. The Morgan fingerprint density at radius 1 is 1.44 bits per heavy atom. The smallest absolute Gasteiger partial charge is 0.390 e. The molecule has 0 saturated carbocycles. The first-order valence-corrected chi connectivity index (χ1v) is 9.83. The molecule has 15 heteroatoms. The maximum Gasteiger partial charge on any atom is 0.481 e. The van der Waals surface area contributed by atoms with Crippen LogP contribution < -0.4 is 11.4 Å². The number of nitrogen functional groups attached to an aromatic ring is 1. The fourth-order valence-corrected chi connectivity index (χ4v) is 3.75. The van der Waals surface area contributed by atoms with Gasteiger partial charge in [0.05, 0.1) is 12.7 Å². The third-order valence-corrected chi connectivity index (χ3v) is 5.45. The third kappa shape index (κ3) is 5.42. The lowest BCUT2D eigenvalue weighted by molar-refractivity contribution is -0.0450. The van der Waals surface area contributed by atoms with Crippen LogP contribution in [0.2, 0.25) is 0 Å². The van der Waals surface area contributed by atoms with E-state index in [2.05, 4.69) is 13.8 Å². The summed E-state index contributed by atoms with van der Waals surface area (Å²) in [6.45, 7) is 0.910. The van der Waals surface area contributed by atoms with Crippen molar-refractivity contribution in [2.24, 2.45) is 0 Å². The van der Waals surface area contributed by atoms with E-state index < -0.39 is 46.4 Å². The number of aliphatic hydroxyl groups excluding tert-OH is 1. The number of nitrogens with zero attached hydrogens (tertiary/aromatic N) is 2. The van der Waals surface area contributed by atoms with Crippen molar-refractivity contribution < 1.29 is 42.5 Å². The first kappa shape index (κ1) is 20.2. The summed E-state index contributed by atoms with van der Waals surface area (Å²) in [4.78, 5) is 41.7. The van der Waals surface area contributed by atoms with Gasteiger partial charge in [0.2, 0.25) is 0 Å². The first-order valence-electron chi connectivity index (χ1n) is 6.81. The van der Waals surface area contributed by atoms with Crippen molar-refractivity contribution in [3.8, 4) is 0 Å². The van der Waals surface area contributed by atoms with Crippen molar-refractivity contribution >= 4 is 21.5 Å². The van der Waals surface area contributed by atoms with Gasteiger partial charge in [0.25, 0.3) is 0 Å². The van der Waals surface area contributed by atoms with Gasteiger partial charge in [-0.2, -0.15) is 9.29 Å². The zero-order chi connectivity index (χ0) is 19.0. The van der Waals surface area contributed by atoms with Crippen molar-refractivity contribution in [3.05, 3.63) is 22.2 Å². The molecule has 142 valence electrons. The minimum Gasteiger partial charge on any atom is -0.390 e. The van der Waals surface area contributed by atoms with E-state index in [9.17, 15) is 23.9 Å². The summed E-state index contributed by atoms with van der Waals surface area (Å²) in [5.74, 6) is 0.0514. The molecule has 1 aliphatic rings. The lowest BCUT2D eigenvalue weighted by Gasteiger charge is -2.18. The second kappa shape index (κ2) is 7.23. The summed E-state index contributed by atoms with van der Waals surface area (Å²) in [6, 6.07) is 0. The van der Waals surface area contributed by atoms with Gasteiger partial charge in [-0.05, 0) is 6.92 Å². The molecule has 1 saturated heterocycles. The van der Waals surface area contributed by atoms with E-state index in [1.54, 1.807) is 6.92 Å². The van der Waals surface area contributed by atoms with Gasteiger partial charge in [-0.25, -0.2) is 13.9 Å². The third-order valence-electron chi connectivity index (χ3n) is 3.30. The van der Waals surface area contributed by atoms with E-state index in [0.29, 0.717) is 5.56 Å². The van der Waals surface area contributed by atoms with Crippen molar-refractivity contribution in [3.63, 3.8) is 0 Å². The quantitative estimate of drug-likeness (QED) is 0.365. The van der Waals surface area contributed by atoms with Gasteiger partial charge < -0.3 is 30.3 Å². The summed E-state index contributed by atoms with van der Waals surface area (Å²) in [6.07, 6.45) is -1.91. The lowest BCUT2D eigenvalue weighted by Crippen LogP contribution is -2.29. The van der Waals surface area contributed by atoms with Gasteiger partial charge in [-0.3, -0.25) is 9.09 Å². The van der Waals surface area contributed by atoms with Crippen molar-refractivity contribution in [1.29, 1.82) is 0 Å². The Hall–Kier alpha value is -1.14. The molecule has 1 aromatic heterocycles. The molecule has 2 rings (SSSR count). The largest absolute Gasteiger partial charge is 0.481 e. The second-order valence-corrected chi connectivity index (χ2v) is 8.10. The molecule has 6 N–H and O–H groups in total. The topological polar surface area (TPSA) is 204 Å². The Morgan fingerprint density at radius 3 is 2.68 bits per heavy atom. The summed E-state index contributed by atoms with van der Waals surface area (Å²) in [5, 5.41) is 9.93. The molecule has 4 atom stereocenters. The van der Waals surface area contributed by atoms with Crippen LogP contribution in [-0.4, -0.2) is 48.2 Å². The van der Waals surface area contributed by atoms with Crippen LogP contribution in [0.1, 0.15) is 18.2 Å². The molecule has 13 nitrogen and oxygen atoms in total. The van der Waals surface area contributed by atoms with Crippen LogP contribution >= 0.6 is 15.6 Å². The van der Waals surface area contributed by atoms with Gasteiger partial charge in [0, 0.05) is 18.2 Å². The van der Waals surface area contributed by atoms with Crippen molar-refractivity contribution in [1.82, 2.24) is 9.55 Å². The van der Waals surface area contributed by atoms with E-state index in [0.717, 1.165) is 4.57 Å². The molecule has 0 bridgehead atoms. The molecule has 1 aliphatic heterocycles. The van der Waals surface area contributed by atoms with Crippen molar-refractivity contribution in [2.45, 2.75) is 31.8 Å². The Kier molecular flexibility index (Phi) is 5.84. The molecule has 1 fully saturated rings. The highest BCUT2D eigenvalue weighted by molar-refractivity contribution is 7.60. The van der Waals surface area contributed by atoms with E-state index in [1.165, 1.54) is 6.20 Å². The molecule has 0 aromatic carbocycles. The molecule has 2 unspecified atom stereocenters. The number of aromatic nitrogens is 2. The lowest BCUT2D eigenvalue weighted by atomic mass is 10.2.